The Morgan fingerprint density at radius 1 is 1.21 bits per heavy atom. The van der Waals surface area contributed by atoms with Gasteiger partial charge in [0.25, 0.3) is 0 Å². The normalized spacial score (nSPS) is 17.5. The van der Waals surface area contributed by atoms with Crippen LogP contribution in [-0.4, -0.2) is 51.0 Å². The van der Waals surface area contributed by atoms with E-state index >= 15 is 0 Å². The van der Waals surface area contributed by atoms with Crippen LogP contribution in [0.3, 0.4) is 0 Å². The zero-order chi connectivity index (χ0) is 17.9. The maximum Gasteiger partial charge on any atom is 0.191 e. The molecule has 0 aromatic rings. The average Bonchev–Trinajstić information content (AvgIpc) is 2.57. The average molecular weight is 342 g/mol. The van der Waals surface area contributed by atoms with Crippen LogP contribution in [0.2, 0.25) is 0 Å². The molecule has 1 aliphatic carbocycles. The van der Waals surface area contributed by atoms with E-state index < -0.39 is 0 Å². The van der Waals surface area contributed by atoms with Crippen molar-refractivity contribution in [1.82, 2.24) is 10.6 Å². The van der Waals surface area contributed by atoms with Crippen molar-refractivity contribution >= 4 is 5.96 Å². The zero-order valence-electron chi connectivity index (χ0n) is 16.3. The first-order valence-electron chi connectivity index (χ1n) is 9.71. The van der Waals surface area contributed by atoms with Gasteiger partial charge in [-0.05, 0) is 56.3 Å². The second-order valence-corrected chi connectivity index (χ2v) is 7.33. The van der Waals surface area contributed by atoms with Gasteiger partial charge in [-0.2, -0.15) is 0 Å². The number of aliphatic hydroxyl groups is 1. The molecule has 0 spiro atoms. The number of aliphatic imine (C=N–C) groups is 1. The van der Waals surface area contributed by atoms with Crippen LogP contribution in [-0.2, 0) is 4.74 Å². The number of aliphatic hydroxyl groups excluding tert-OH is 1. The lowest BCUT2D eigenvalue weighted by atomic mass is 9.67. The molecule has 0 bridgehead atoms. The number of rotatable bonds is 12. The Morgan fingerprint density at radius 2 is 1.92 bits per heavy atom. The van der Waals surface area contributed by atoms with E-state index in [1.165, 1.54) is 19.3 Å². The van der Waals surface area contributed by atoms with Crippen LogP contribution in [0.15, 0.2) is 4.99 Å². The molecule has 142 valence electrons. The summed E-state index contributed by atoms with van der Waals surface area (Å²) in [6.45, 7) is 10.2. The highest BCUT2D eigenvalue weighted by Crippen LogP contribution is 2.43. The van der Waals surface area contributed by atoms with Gasteiger partial charge in [-0.1, -0.05) is 20.3 Å². The van der Waals surface area contributed by atoms with Crippen molar-refractivity contribution in [1.29, 1.82) is 0 Å². The lowest BCUT2D eigenvalue weighted by molar-refractivity contribution is 0.0732. The highest BCUT2D eigenvalue weighted by molar-refractivity contribution is 5.79. The van der Waals surface area contributed by atoms with Crippen LogP contribution < -0.4 is 10.6 Å². The van der Waals surface area contributed by atoms with Gasteiger partial charge in [0.15, 0.2) is 5.96 Å². The molecule has 0 atom stereocenters. The summed E-state index contributed by atoms with van der Waals surface area (Å²) < 4.78 is 5.28. The first-order valence-corrected chi connectivity index (χ1v) is 9.71. The molecule has 0 aromatic carbocycles. The summed E-state index contributed by atoms with van der Waals surface area (Å²) in [6.07, 6.45) is 7.91. The first-order chi connectivity index (χ1) is 11.6. The predicted molar refractivity (Wildman–Crippen MR) is 101 cm³/mol. The third kappa shape index (κ3) is 6.25. The molecule has 3 N–H and O–H groups in total. The van der Waals surface area contributed by atoms with Crippen LogP contribution in [0.5, 0.6) is 0 Å². The standard InChI is InChI=1S/C19H39N3O2/c1-5-18(6-2,11-13-23)15-21-17(20-7-3)22-16-19(9-8-10-19)12-14-24-4/h23H,5-16H2,1-4H3,(H2,20,21,22). The molecular weight excluding hydrogens is 302 g/mol. The molecule has 0 radical (unpaired) electrons. The molecule has 0 heterocycles. The maximum absolute atomic E-state index is 9.37. The maximum atomic E-state index is 9.37. The van der Waals surface area contributed by atoms with E-state index in [-0.39, 0.29) is 12.0 Å². The molecule has 5 nitrogen and oxygen atoms in total. The minimum atomic E-state index is 0.112. The lowest BCUT2D eigenvalue weighted by Gasteiger charge is -2.42. The van der Waals surface area contributed by atoms with E-state index in [0.29, 0.717) is 5.41 Å². The lowest BCUT2D eigenvalue weighted by Crippen LogP contribution is -2.47. The number of nitrogens with one attached hydrogen (secondary N) is 2. The minimum absolute atomic E-state index is 0.112. The Morgan fingerprint density at radius 3 is 2.38 bits per heavy atom. The summed E-state index contributed by atoms with van der Waals surface area (Å²) in [5.41, 5.74) is 0.491. The Kier molecular flexibility index (Phi) is 9.67. The molecule has 1 saturated carbocycles. The number of hydrogen-bond donors (Lipinski definition) is 3. The van der Waals surface area contributed by atoms with E-state index in [0.717, 1.165) is 57.9 Å². The van der Waals surface area contributed by atoms with Gasteiger partial charge in [0.05, 0.1) is 0 Å². The SMILES string of the molecule is CCNC(=NCC(CC)(CC)CCO)NCC1(CCOC)CCC1. The van der Waals surface area contributed by atoms with Crippen LogP contribution in [0.25, 0.3) is 0 Å². The monoisotopic (exact) mass is 341 g/mol. The van der Waals surface area contributed by atoms with Gasteiger partial charge in [-0.25, -0.2) is 0 Å². The van der Waals surface area contributed by atoms with Gasteiger partial charge < -0.3 is 20.5 Å². The second-order valence-electron chi connectivity index (χ2n) is 7.33. The molecule has 1 aliphatic rings. The van der Waals surface area contributed by atoms with Crippen LogP contribution in [0.1, 0.15) is 65.7 Å². The third-order valence-electron chi connectivity index (χ3n) is 5.94. The zero-order valence-corrected chi connectivity index (χ0v) is 16.3. The van der Waals surface area contributed by atoms with E-state index in [2.05, 4.69) is 31.4 Å². The van der Waals surface area contributed by atoms with Crippen molar-refractivity contribution in [2.75, 3.05) is 40.0 Å². The molecule has 0 amide bonds. The highest BCUT2D eigenvalue weighted by atomic mass is 16.5. The molecule has 24 heavy (non-hydrogen) atoms. The number of hydrogen-bond acceptors (Lipinski definition) is 3. The van der Waals surface area contributed by atoms with Crippen molar-refractivity contribution in [3.05, 3.63) is 0 Å². The fraction of sp³-hybridized carbons (Fsp3) is 0.947. The van der Waals surface area contributed by atoms with Crippen molar-refractivity contribution in [2.24, 2.45) is 15.8 Å². The Balaban J connectivity index is 2.64. The largest absolute Gasteiger partial charge is 0.396 e. The van der Waals surface area contributed by atoms with Crippen molar-refractivity contribution < 1.29 is 9.84 Å². The molecule has 0 aromatic heterocycles. The fourth-order valence-electron chi connectivity index (χ4n) is 3.51. The van der Waals surface area contributed by atoms with Gasteiger partial charge in [-0.15, -0.1) is 0 Å². The van der Waals surface area contributed by atoms with E-state index in [1.807, 2.05) is 0 Å². The van der Waals surface area contributed by atoms with Gasteiger partial charge in [-0.3, -0.25) is 4.99 Å². The van der Waals surface area contributed by atoms with Gasteiger partial charge in [0.1, 0.15) is 0 Å². The fourth-order valence-corrected chi connectivity index (χ4v) is 3.51. The first kappa shape index (κ1) is 21.2. The smallest absolute Gasteiger partial charge is 0.191 e. The number of methoxy groups -OCH3 is 1. The Bertz CT molecular complexity index is 364. The van der Waals surface area contributed by atoms with Gasteiger partial charge in [0, 0.05) is 40.0 Å². The van der Waals surface area contributed by atoms with Crippen LogP contribution >= 0.6 is 0 Å². The van der Waals surface area contributed by atoms with Crippen LogP contribution in [0.4, 0.5) is 0 Å². The minimum Gasteiger partial charge on any atom is -0.396 e. The summed E-state index contributed by atoms with van der Waals surface area (Å²) >= 11 is 0. The third-order valence-corrected chi connectivity index (χ3v) is 5.94. The topological polar surface area (TPSA) is 65.9 Å². The molecular formula is C19H39N3O2. The molecule has 0 aliphatic heterocycles. The van der Waals surface area contributed by atoms with Gasteiger partial charge >= 0.3 is 0 Å². The number of nitrogens with zero attached hydrogens (tertiary/aromatic N) is 1. The summed E-state index contributed by atoms with van der Waals surface area (Å²) in [5.74, 6) is 0.908. The summed E-state index contributed by atoms with van der Waals surface area (Å²) in [7, 11) is 1.78. The molecule has 1 rings (SSSR count). The molecule has 0 unspecified atom stereocenters. The van der Waals surface area contributed by atoms with Crippen molar-refractivity contribution in [2.45, 2.75) is 65.7 Å². The molecule has 0 saturated heterocycles. The quantitative estimate of drug-likeness (QED) is 0.377. The van der Waals surface area contributed by atoms with Crippen LogP contribution in [0, 0.1) is 10.8 Å². The van der Waals surface area contributed by atoms with Crippen molar-refractivity contribution in [3.63, 3.8) is 0 Å². The Labute approximate surface area is 148 Å². The van der Waals surface area contributed by atoms with Gasteiger partial charge in [0.2, 0.25) is 0 Å². The summed E-state index contributed by atoms with van der Waals surface area (Å²) in [5, 5.41) is 16.3. The van der Waals surface area contributed by atoms with Crippen molar-refractivity contribution in [3.8, 4) is 0 Å². The van der Waals surface area contributed by atoms with E-state index in [1.54, 1.807) is 7.11 Å². The number of guanidine groups is 1. The second kappa shape index (κ2) is 10.9. The van der Waals surface area contributed by atoms with E-state index in [4.69, 9.17) is 9.73 Å². The molecule has 5 heteroatoms. The highest BCUT2D eigenvalue weighted by Gasteiger charge is 2.36. The summed E-state index contributed by atoms with van der Waals surface area (Å²) in [6, 6.07) is 0. The Hall–Kier alpha value is -0.810. The van der Waals surface area contributed by atoms with E-state index in [9.17, 15) is 5.11 Å². The predicted octanol–water partition coefficient (Wildman–Crippen LogP) is 2.94. The number of ether oxygens (including phenoxy) is 1. The molecule has 1 fully saturated rings. The summed E-state index contributed by atoms with van der Waals surface area (Å²) in [4.78, 5) is 4.84.